The molecule has 1 amide bonds. The number of hydrogen-bond donors (Lipinski definition) is 2. The van der Waals surface area contributed by atoms with E-state index in [1.54, 1.807) is 11.8 Å². The van der Waals surface area contributed by atoms with Crippen LogP contribution in [0.1, 0.15) is 34.5 Å². The second kappa shape index (κ2) is 10.9. The third-order valence-corrected chi connectivity index (χ3v) is 7.08. The smallest absolute Gasteiger partial charge is 0.255 e. The highest BCUT2D eigenvalue weighted by Crippen LogP contribution is 2.37. The Morgan fingerprint density at radius 1 is 1.00 bits per heavy atom. The van der Waals surface area contributed by atoms with Crippen LogP contribution in [0.2, 0.25) is 0 Å². The molecule has 4 aromatic rings. The second-order valence-corrected chi connectivity index (χ2v) is 9.84. The third kappa shape index (κ3) is 5.33. The van der Waals surface area contributed by atoms with E-state index in [2.05, 4.69) is 15.6 Å². The highest BCUT2D eigenvalue weighted by molar-refractivity contribution is 7.99. The Balaban J connectivity index is 1.45. The van der Waals surface area contributed by atoms with Crippen LogP contribution in [0.3, 0.4) is 0 Å². The number of nitrogens with zero attached hydrogens (tertiary/aromatic N) is 3. The van der Waals surface area contributed by atoms with Crippen molar-refractivity contribution in [3.05, 3.63) is 107 Å². The highest BCUT2D eigenvalue weighted by Gasteiger charge is 2.34. The summed E-state index contributed by atoms with van der Waals surface area (Å²) in [6, 6.07) is 23.8. The van der Waals surface area contributed by atoms with Gasteiger partial charge in [0, 0.05) is 16.9 Å². The Morgan fingerprint density at radius 2 is 1.71 bits per heavy atom. The number of nitrogens with one attached hydrogen (secondary N) is 2. The summed E-state index contributed by atoms with van der Waals surface area (Å²) < 4.78 is 7.03. The van der Waals surface area contributed by atoms with Crippen LogP contribution in [0, 0.1) is 6.92 Å². The number of hydrogen-bond acceptors (Lipinski definition) is 7. The Bertz CT molecular complexity index is 1500. The fourth-order valence-electron chi connectivity index (χ4n) is 4.25. The van der Waals surface area contributed by atoms with Gasteiger partial charge in [0.2, 0.25) is 11.1 Å². The number of allylic oxidation sites excluding steroid dienone is 1. The predicted molar refractivity (Wildman–Crippen MR) is 149 cm³/mol. The molecular formula is C29H27N5O3S. The van der Waals surface area contributed by atoms with Crippen molar-refractivity contribution in [2.45, 2.75) is 25.0 Å². The number of Topliss-reactive ketones (excluding diaryl/α,β-unsaturated/α-hetero) is 1. The number of rotatable bonds is 8. The SMILES string of the molecule is COc1ccc([C@H]2C(C(=O)Nc3ccccc3)=C(C)Nc3nc(SCC(=O)c4ccc(C)cc4)nn32)cc1. The number of ketones is 1. The van der Waals surface area contributed by atoms with Gasteiger partial charge in [0.15, 0.2) is 5.78 Å². The normalized spacial score (nSPS) is 14.4. The van der Waals surface area contributed by atoms with Crippen molar-refractivity contribution in [1.29, 1.82) is 0 Å². The molecule has 8 nitrogen and oxygen atoms in total. The van der Waals surface area contributed by atoms with Gasteiger partial charge in [0.1, 0.15) is 11.8 Å². The molecule has 2 N–H and O–H groups in total. The number of amides is 1. The van der Waals surface area contributed by atoms with Crippen LogP contribution in [0.25, 0.3) is 0 Å². The molecule has 0 radical (unpaired) electrons. The summed E-state index contributed by atoms with van der Waals surface area (Å²) in [4.78, 5) is 30.9. The molecule has 1 aliphatic rings. The number of thioether (sulfide) groups is 1. The first-order valence-electron chi connectivity index (χ1n) is 12.1. The number of carbonyl (C=O) groups is 2. The topological polar surface area (TPSA) is 98.1 Å². The summed E-state index contributed by atoms with van der Waals surface area (Å²) >= 11 is 1.27. The maximum atomic E-state index is 13.6. The van der Waals surface area contributed by atoms with E-state index in [-0.39, 0.29) is 17.4 Å². The van der Waals surface area contributed by atoms with Gasteiger partial charge in [-0.3, -0.25) is 9.59 Å². The molecule has 1 aromatic heterocycles. The zero-order valence-corrected chi connectivity index (χ0v) is 22.1. The van der Waals surface area contributed by atoms with Crippen LogP contribution in [0.5, 0.6) is 5.75 Å². The van der Waals surface area contributed by atoms with E-state index < -0.39 is 6.04 Å². The Morgan fingerprint density at radius 3 is 2.39 bits per heavy atom. The fourth-order valence-corrected chi connectivity index (χ4v) is 4.98. The van der Waals surface area contributed by atoms with Gasteiger partial charge < -0.3 is 15.4 Å². The van der Waals surface area contributed by atoms with Crippen molar-refractivity contribution in [3.8, 4) is 5.75 Å². The average molecular weight is 526 g/mol. The quantitative estimate of drug-likeness (QED) is 0.232. The molecule has 3 aromatic carbocycles. The zero-order chi connectivity index (χ0) is 26.6. The minimum Gasteiger partial charge on any atom is -0.497 e. The monoisotopic (exact) mass is 525 g/mol. The number of aromatic nitrogens is 3. The lowest BCUT2D eigenvalue weighted by Crippen LogP contribution is -2.31. The Labute approximate surface area is 225 Å². The number of benzene rings is 3. The number of aryl methyl sites for hydroxylation is 1. The molecule has 0 aliphatic carbocycles. The second-order valence-electron chi connectivity index (χ2n) is 8.90. The standard InChI is InChI=1S/C29H27N5O3S/c1-18-9-11-20(12-10-18)24(35)17-38-29-32-28-30-19(2)25(27(36)31-22-7-5-4-6-8-22)26(34(28)33-29)21-13-15-23(37-3)16-14-21/h4-16,26H,17H2,1-3H3,(H,31,36)(H,30,32,33)/t26-/m0/s1. The lowest BCUT2D eigenvalue weighted by atomic mass is 9.95. The first kappa shape index (κ1) is 25.3. The van der Waals surface area contributed by atoms with E-state index >= 15 is 0 Å². The maximum absolute atomic E-state index is 13.6. The van der Waals surface area contributed by atoms with E-state index in [0.29, 0.717) is 39.4 Å². The van der Waals surface area contributed by atoms with Gasteiger partial charge in [0.25, 0.3) is 5.91 Å². The van der Waals surface area contributed by atoms with Crippen molar-refractivity contribution in [2.24, 2.45) is 0 Å². The Hall–Kier alpha value is -4.37. The predicted octanol–water partition coefficient (Wildman–Crippen LogP) is 5.50. The van der Waals surface area contributed by atoms with Crippen LogP contribution >= 0.6 is 11.8 Å². The number of methoxy groups -OCH3 is 1. The molecule has 0 saturated heterocycles. The molecule has 0 fully saturated rings. The molecule has 0 saturated carbocycles. The molecule has 38 heavy (non-hydrogen) atoms. The van der Waals surface area contributed by atoms with E-state index in [4.69, 9.17) is 9.84 Å². The van der Waals surface area contributed by atoms with E-state index in [9.17, 15) is 9.59 Å². The van der Waals surface area contributed by atoms with Crippen molar-refractivity contribution >= 4 is 35.1 Å². The van der Waals surface area contributed by atoms with Gasteiger partial charge in [-0.1, -0.05) is 71.9 Å². The Kier molecular flexibility index (Phi) is 7.28. The summed E-state index contributed by atoms with van der Waals surface area (Å²) in [6.07, 6.45) is 0. The summed E-state index contributed by atoms with van der Waals surface area (Å²) in [7, 11) is 1.61. The number of carbonyl (C=O) groups excluding carboxylic acids is 2. The summed E-state index contributed by atoms with van der Waals surface area (Å²) in [5.41, 5.74) is 4.49. The van der Waals surface area contributed by atoms with Gasteiger partial charge in [-0.2, -0.15) is 4.98 Å². The first-order valence-corrected chi connectivity index (χ1v) is 13.1. The summed E-state index contributed by atoms with van der Waals surface area (Å²) in [6.45, 7) is 3.83. The largest absolute Gasteiger partial charge is 0.497 e. The molecule has 0 unspecified atom stereocenters. The summed E-state index contributed by atoms with van der Waals surface area (Å²) in [5, 5.41) is 11.4. The molecule has 0 spiro atoms. The highest BCUT2D eigenvalue weighted by atomic mass is 32.2. The van der Waals surface area contributed by atoms with E-state index in [0.717, 1.165) is 11.1 Å². The molecule has 192 valence electrons. The molecule has 5 rings (SSSR count). The third-order valence-electron chi connectivity index (χ3n) is 6.25. The zero-order valence-electron chi connectivity index (χ0n) is 21.3. The van der Waals surface area contributed by atoms with E-state index in [1.807, 2.05) is 92.7 Å². The van der Waals surface area contributed by atoms with Crippen molar-refractivity contribution in [3.63, 3.8) is 0 Å². The van der Waals surface area contributed by atoms with Crippen LogP contribution in [0.15, 0.2) is 95.3 Å². The number of fused-ring (bicyclic) bond motifs is 1. The van der Waals surface area contributed by atoms with Crippen LogP contribution < -0.4 is 15.4 Å². The van der Waals surface area contributed by atoms with Crippen molar-refractivity contribution < 1.29 is 14.3 Å². The summed E-state index contributed by atoms with van der Waals surface area (Å²) in [5.74, 6) is 1.17. The molecular weight excluding hydrogens is 498 g/mol. The number of para-hydroxylation sites is 1. The van der Waals surface area contributed by atoms with Gasteiger partial charge >= 0.3 is 0 Å². The molecule has 1 atom stereocenters. The lowest BCUT2D eigenvalue weighted by molar-refractivity contribution is -0.113. The van der Waals surface area contributed by atoms with Crippen LogP contribution in [-0.2, 0) is 4.79 Å². The average Bonchev–Trinajstić information content (AvgIpc) is 3.34. The minimum atomic E-state index is -0.532. The lowest BCUT2D eigenvalue weighted by Gasteiger charge is -2.28. The van der Waals surface area contributed by atoms with E-state index in [1.165, 1.54) is 11.8 Å². The van der Waals surface area contributed by atoms with Gasteiger partial charge in [-0.25, -0.2) is 4.68 Å². The molecule has 2 heterocycles. The van der Waals surface area contributed by atoms with Crippen LogP contribution in [-0.4, -0.2) is 39.3 Å². The van der Waals surface area contributed by atoms with Crippen molar-refractivity contribution in [1.82, 2.24) is 14.8 Å². The van der Waals surface area contributed by atoms with Crippen molar-refractivity contribution in [2.75, 3.05) is 23.5 Å². The van der Waals surface area contributed by atoms with Gasteiger partial charge in [0.05, 0.1) is 18.4 Å². The first-order chi connectivity index (χ1) is 18.4. The van der Waals surface area contributed by atoms with Gasteiger partial charge in [-0.15, -0.1) is 5.10 Å². The minimum absolute atomic E-state index is 0.000306. The number of anilines is 2. The fraction of sp³-hybridized carbons (Fsp3) is 0.172. The molecule has 1 aliphatic heterocycles. The molecule has 0 bridgehead atoms. The number of ether oxygens (including phenoxy) is 1. The molecule has 9 heteroatoms. The maximum Gasteiger partial charge on any atom is 0.255 e. The van der Waals surface area contributed by atoms with Gasteiger partial charge in [-0.05, 0) is 43.7 Å². The van der Waals surface area contributed by atoms with Crippen LogP contribution in [0.4, 0.5) is 11.6 Å².